The Morgan fingerprint density at radius 1 is 1.21 bits per heavy atom. The highest BCUT2D eigenvalue weighted by atomic mass is 16.6. The van der Waals surface area contributed by atoms with E-state index in [4.69, 9.17) is 19.4 Å². The maximum Gasteiger partial charge on any atom is 0.707 e. The van der Waals surface area contributed by atoms with Gasteiger partial charge >= 0.3 is 7.32 Å². The average Bonchev–Trinajstić information content (AvgIpc) is 2.01. The molecule has 0 amide bonds. The first-order chi connectivity index (χ1) is 6.61. The Hall–Kier alpha value is -1.20. The summed E-state index contributed by atoms with van der Waals surface area (Å²) in [5.41, 5.74) is 0.937. The van der Waals surface area contributed by atoms with Crippen LogP contribution in [0.5, 0.6) is 11.5 Å². The van der Waals surface area contributed by atoms with Crippen molar-refractivity contribution in [3.8, 4) is 11.5 Å². The Labute approximate surface area is 83.3 Å². The highest BCUT2D eigenvalue weighted by molar-refractivity contribution is 6.33. The fraction of sp³-hybridized carbons (Fsp3) is 0.333. The van der Waals surface area contributed by atoms with Crippen molar-refractivity contribution in [3.63, 3.8) is 0 Å². The van der Waals surface area contributed by atoms with Crippen LogP contribution in [0.2, 0.25) is 0 Å². The quantitative estimate of drug-likeness (QED) is 0.697. The lowest BCUT2D eigenvalue weighted by Gasteiger charge is -2.09. The van der Waals surface area contributed by atoms with Crippen molar-refractivity contribution in [1.29, 1.82) is 0 Å². The molecule has 0 aliphatic rings. The SMILES string of the molecule is CCOc1cc(C)cc(OB(O)O)c1. The molecule has 76 valence electrons. The Kier molecular flexibility index (Phi) is 3.79. The van der Waals surface area contributed by atoms with Crippen molar-refractivity contribution in [2.75, 3.05) is 6.61 Å². The van der Waals surface area contributed by atoms with E-state index >= 15 is 0 Å². The molecule has 5 heteroatoms. The topological polar surface area (TPSA) is 58.9 Å². The van der Waals surface area contributed by atoms with E-state index in [0.717, 1.165) is 5.56 Å². The van der Waals surface area contributed by atoms with Crippen molar-refractivity contribution in [1.82, 2.24) is 0 Å². The molecular weight excluding hydrogens is 183 g/mol. The lowest BCUT2D eigenvalue weighted by molar-refractivity contribution is 0.286. The first-order valence-electron chi connectivity index (χ1n) is 4.39. The Balaban J connectivity index is 2.83. The lowest BCUT2D eigenvalue weighted by atomic mass is 10.2. The Bertz CT molecular complexity index is 301. The van der Waals surface area contributed by atoms with E-state index in [0.29, 0.717) is 18.1 Å². The van der Waals surface area contributed by atoms with Crippen molar-refractivity contribution >= 4 is 7.32 Å². The van der Waals surface area contributed by atoms with E-state index in [2.05, 4.69) is 0 Å². The normalized spacial score (nSPS) is 9.71. The van der Waals surface area contributed by atoms with Crippen molar-refractivity contribution in [3.05, 3.63) is 23.8 Å². The zero-order chi connectivity index (χ0) is 10.6. The molecule has 0 unspecified atom stereocenters. The third-order valence-corrected chi connectivity index (χ3v) is 1.58. The summed E-state index contributed by atoms with van der Waals surface area (Å²) in [6.07, 6.45) is 0. The molecule has 0 saturated heterocycles. The molecule has 0 aliphatic carbocycles. The van der Waals surface area contributed by atoms with Gasteiger partial charge in [0.05, 0.1) is 6.61 Å². The van der Waals surface area contributed by atoms with Gasteiger partial charge in [0.1, 0.15) is 11.5 Å². The second-order valence-corrected chi connectivity index (χ2v) is 2.86. The zero-order valence-electron chi connectivity index (χ0n) is 8.23. The summed E-state index contributed by atoms with van der Waals surface area (Å²) in [6, 6.07) is 5.15. The molecular formula is C9H13BO4. The monoisotopic (exact) mass is 196 g/mol. The second-order valence-electron chi connectivity index (χ2n) is 2.86. The fourth-order valence-corrected chi connectivity index (χ4v) is 1.15. The van der Waals surface area contributed by atoms with Gasteiger partial charge < -0.3 is 19.4 Å². The van der Waals surface area contributed by atoms with Gasteiger partial charge in [-0.05, 0) is 31.5 Å². The maximum atomic E-state index is 8.61. The van der Waals surface area contributed by atoms with Gasteiger partial charge in [-0.2, -0.15) is 0 Å². The Morgan fingerprint density at radius 3 is 2.43 bits per heavy atom. The molecule has 0 aromatic heterocycles. The van der Waals surface area contributed by atoms with Gasteiger partial charge in [-0.15, -0.1) is 0 Å². The summed E-state index contributed by atoms with van der Waals surface area (Å²) in [5, 5.41) is 17.2. The third-order valence-electron chi connectivity index (χ3n) is 1.58. The van der Waals surface area contributed by atoms with Crippen LogP contribution in [0, 0.1) is 6.92 Å². The van der Waals surface area contributed by atoms with Crippen LogP contribution in [-0.4, -0.2) is 24.0 Å². The van der Waals surface area contributed by atoms with Gasteiger partial charge in [0.2, 0.25) is 0 Å². The highest BCUT2D eigenvalue weighted by Gasteiger charge is 2.11. The minimum Gasteiger partial charge on any atom is -0.512 e. The summed E-state index contributed by atoms with van der Waals surface area (Å²) in [6.45, 7) is 4.31. The molecule has 0 atom stereocenters. The van der Waals surface area contributed by atoms with Crippen molar-refractivity contribution in [2.24, 2.45) is 0 Å². The predicted octanol–water partition coefficient (Wildman–Crippen LogP) is 0.742. The molecule has 0 fully saturated rings. The highest BCUT2D eigenvalue weighted by Crippen LogP contribution is 2.22. The van der Waals surface area contributed by atoms with Crippen molar-refractivity contribution < 1.29 is 19.4 Å². The number of hydrogen-bond acceptors (Lipinski definition) is 4. The molecule has 14 heavy (non-hydrogen) atoms. The van der Waals surface area contributed by atoms with Crippen molar-refractivity contribution in [2.45, 2.75) is 13.8 Å². The molecule has 1 aromatic carbocycles. The van der Waals surface area contributed by atoms with Crippen LogP contribution in [0.4, 0.5) is 0 Å². The maximum absolute atomic E-state index is 8.61. The minimum absolute atomic E-state index is 0.378. The molecule has 0 radical (unpaired) electrons. The zero-order valence-corrected chi connectivity index (χ0v) is 8.23. The van der Waals surface area contributed by atoms with Gasteiger partial charge in [-0.1, -0.05) is 0 Å². The Morgan fingerprint density at radius 2 is 1.86 bits per heavy atom. The van der Waals surface area contributed by atoms with Crippen LogP contribution in [0.1, 0.15) is 12.5 Å². The summed E-state index contributed by atoms with van der Waals surface area (Å²) in [7, 11) is -1.80. The fourth-order valence-electron chi connectivity index (χ4n) is 1.15. The second kappa shape index (κ2) is 4.88. The van der Waals surface area contributed by atoms with Gasteiger partial charge in [-0.3, -0.25) is 0 Å². The molecule has 1 rings (SSSR count). The minimum atomic E-state index is -1.80. The summed E-state index contributed by atoms with van der Waals surface area (Å²) in [5.74, 6) is 1.03. The predicted molar refractivity (Wildman–Crippen MR) is 53.2 cm³/mol. The van der Waals surface area contributed by atoms with Gasteiger partial charge in [0, 0.05) is 6.07 Å². The van der Waals surface area contributed by atoms with Gasteiger partial charge in [0.15, 0.2) is 0 Å². The standard InChI is InChI=1S/C9H13BO4/c1-3-13-8-4-7(2)5-9(6-8)14-10(11)12/h4-6,11-12H,3H2,1-2H3. The summed E-state index contributed by atoms with van der Waals surface area (Å²) in [4.78, 5) is 0. The molecule has 1 aromatic rings. The first kappa shape index (κ1) is 10.9. The smallest absolute Gasteiger partial charge is 0.512 e. The van der Waals surface area contributed by atoms with Crippen LogP contribution in [0.25, 0.3) is 0 Å². The molecule has 4 nitrogen and oxygen atoms in total. The van der Waals surface area contributed by atoms with Gasteiger partial charge in [-0.25, -0.2) is 0 Å². The molecule has 0 heterocycles. The third kappa shape index (κ3) is 3.28. The van der Waals surface area contributed by atoms with Crippen LogP contribution >= 0.6 is 0 Å². The molecule has 0 saturated carbocycles. The molecule has 0 bridgehead atoms. The van der Waals surface area contributed by atoms with E-state index in [1.165, 1.54) is 0 Å². The van der Waals surface area contributed by atoms with E-state index in [1.807, 2.05) is 19.9 Å². The molecule has 0 aliphatic heterocycles. The number of ether oxygens (including phenoxy) is 1. The van der Waals surface area contributed by atoms with Gasteiger partial charge in [0.25, 0.3) is 0 Å². The largest absolute Gasteiger partial charge is 0.707 e. The average molecular weight is 196 g/mol. The summed E-state index contributed by atoms with van der Waals surface area (Å²) < 4.78 is 9.98. The number of rotatable bonds is 4. The molecule has 2 N–H and O–H groups in total. The van der Waals surface area contributed by atoms with E-state index in [-0.39, 0.29) is 0 Å². The lowest BCUT2D eigenvalue weighted by Crippen LogP contribution is -2.20. The van der Waals surface area contributed by atoms with Crippen LogP contribution < -0.4 is 9.39 Å². The van der Waals surface area contributed by atoms with E-state index in [9.17, 15) is 0 Å². The number of hydrogen-bond donors (Lipinski definition) is 2. The van der Waals surface area contributed by atoms with E-state index < -0.39 is 7.32 Å². The van der Waals surface area contributed by atoms with Crippen LogP contribution in [0.15, 0.2) is 18.2 Å². The van der Waals surface area contributed by atoms with Crippen LogP contribution in [0.3, 0.4) is 0 Å². The molecule has 0 spiro atoms. The summed E-state index contributed by atoms with van der Waals surface area (Å²) >= 11 is 0. The van der Waals surface area contributed by atoms with Crippen LogP contribution in [-0.2, 0) is 0 Å². The number of aryl methyl sites for hydroxylation is 1. The number of benzene rings is 1. The first-order valence-corrected chi connectivity index (χ1v) is 4.39. The van der Waals surface area contributed by atoms with E-state index in [1.54, 1.807) is 12.1 Å².